The summed E-state index contributed by atoms with van der Waals surface area (Å²) in [6.07, 6.45) is 1.54. The molecule has 1 aromatic carbocycles. The lowest BCUT2D eigenvalue weighted by Crippen LogP contribution is -2.42. The number of hydrogen-bond donors (Lipinski definition) is 1. The molecule has 1 aromatic rings. The standard InChI is InChI=1S/C14H18ClN3O2S/c1-2-7-18(12-5-6-17-10-12)21(19,20)14-4-3-11(9-16)8-13(14)15/h3-4,8,12,17H,2,5-7,10H2,1H3. The van der Waals surface area contributed by atoms with Crippen LogP contribution in [0, 0.1) is 11.3 Å². The minimum absolute atomic E-state index is 0.0401. The Bertz CT molecular complexity index is 649. The monoisotopic (exact) mass is 327 g/mol. The Kier molecular flexibility index (Phi) is 5.22. The van der Waals surface area contributed by atoms with E-state index in [9.17, 15) is 8.42 Å². The lowest BCUT2D eigenvalue weighted by atomic mass is 10.2. The van der Waals surface area contributed by atoms with E-state index < -0.39 is 10.0 Å². The summed E-state index contributed by atoms with van der Waals surface area (Å²) in [5.41, 5.74) is 0.350. The Morgan fingerprint density at radius 2 is 2.29 bits per heavy atom. The summed E-state index contributed by atoms with van der Waals surface area (Å²) in [6, 6.07) is 6.21. The molecule has 1 saturated heterocycles. The first-order chi connectivity index (χ1) is 10.0. The second-order valence-corrected chi connectivity index (χ2v) is 7.29. The Hall–Kier alpha value is -1.13. The Morgan fingerprint density at radius 1 is 1.52 bits per heavy atom. The van der Waals surface area contributed by atoms with E-state index >= 15 is 0 Å². The van der Waals surface area contributed by atoms with E-state index in [0.29, 0.717) is 18.7 Å². The Labute approximate surface area is 130 Å². The summed E-state index contributed by atoms with van der Waals surface area (Å²) in [7, 11) is -3.65. The molecular weight excluding hydrogens is 310 g/mol. The third-order valence-corrected chi connectivity index (χ3v) is 5.97. The molecule has 0 aromatic heterocycles. The average molecular weight is 328 g/mol. The molecule has 5 nitrogen and oxygen atoms in total. The van der Waals surface area contributed by atoms with Crippen LogP contribution in [0.15, 0.2) is 23.1 Å². The molecule has 1 aliphatic heterocycles. The van der Waals surface area contributed by atoms with Crippen LogP contribution in [0.3, 0.4) is 0 Å². The van der Waals surface area contributed by atoms with Gasteiger partial charge >= 0.3 is 0 Å². The van der Waals surface area contributed by atoms with Crippen molar-refractivity contribution in [3.63, 3.8) is 0 Å². The zero-order valence-electron chi connectivity index (χ0n) is 11.8. The van der Waals surface area contributed by atoms with E-state index in [1.54, 1.807) is 0 Å². The van der Waals surface area contributed by atoms with E-state index in [1.165, 1.54) is 22.5 Å². The number of nitrogens with one attached hydrogen (secondary N) is 1. The molecule has 0 saturated carbocycles. The van der Waals surface area contributed by atoms with Gasteiger partial charge in [-0.3, -0.25) is 0 Å². The van der Waals surface area contributed by atoms with Gasteiger partial charge in [0.15, 0.2) is 0 Å². The maximum Gasteiger partial charge on any atom is 0.244 e. The van der Waals surface area contributed by atoms with Crippen LogP contribution in [0.2, 0.25) is 5.02 Å². The molecule has 0 spiro atoms. The van der Waals surface area contributed by atoms with Crippen LogP contribution in [-0.4, -0.2) is 38.4 Å². The van der Waals surface area contributed by atoms with Gasteiger partial charge in [-0.05, 0) is 37.6 Å². The van der Waals surface area contributed by atoms with Gasteiger partial charge in [-0.25, -0.2) is 8.42 Å². The zero-order chi connectivity index (χ0) is 15.5. The van der Waals surface area contributed by atoms with Crippen molar-refractivity contribution >= 4 is 21.6 Å². The SMILES string of the molecule is CCCN(C1CCNC1)S(=O)(=O)c1ccc(C#N)cc1Cl. The van der Waals surface area contributed by atoms with Gasteiger partial charge in [0.1, 0.15) is 4.90 Å². The highest BCUT2D eigenvalue weighted by atomic mass is 35.5. The molecule has 0 bridgehead atoms. The summed E-state index contributed by atoms with van der Waals surface area (Å²) in [5, 5.41) is 12.1. The Morgan fingerprint density at radius 3 is 2.81 bits per heavy atom. The molecule has 1 N–H and O–H groups in total. The van der Waals surface area contributed by atoms with Gasteiger partial charge in [0.25, 0.3) is 0 Å². The molecule has 1 fully saturated rings. The van der Waals surface area contributed by atoms with Crippen LogP contribution >= 0.6 is 11.6 Å². The molecule has 1 atom stereocenters. The fourth-order valence-electron chi connectivity index (χ4n) is 2.51. The molecule has 0 radical (unpaired) electrons. The number of rotatable bonds is 5. The molecule has 114 valence electrons. The maximum atomic E-state index is 12.9. The van der Waals surface area contributed by atoms with Crippen molar-refractivity contribution in [2.24, 2.45) is 0 Å². The van der Waals surface area contributed by atoms with Crippen LogP contribution in [0.4, 0.5) is 0 Å². The maximum absolute atomic E-state index is 12.9. The predicted octanol–water partition coefficient (Wildman–Crippen LogP) is 1.97. The lowest BCUT2D eigenvalue weighted by molar-refractivity contribution is 0.335. The van der Waals surface area contributed by atoms with E-state index in [-0.39, 0.29) is 16.0 Å². The number of nitrogens with zero attached hydrogens (tertiary/aromatic N) is 2. The molecule has 21 heavy (non-hydrogen) atoms. The molecule has 1 aliphatic rings. The van der Waals surface area contributed by atoms with Gasteiger partial charge in [-0.2, -0.15) is 9.57 Å². The smallest absolute Gasteiger partial charge is 0.244 e. The fraction of sp³-hybridized carbons (Fsp3) is 0.500. The summed E-state index contributed by atoms with van der Waals surface area (Å²) >= 11 is 6.07. The van der Waals surface area contributed by atoms with Gasteiger partial charge in [0.2, 0.25) is 10.0 Å². The summed E-state index contributed by atoms with van der Waals surface area (Å²) in [4.78, 5) is 0.0727. The number of nitriles is 1. The normalized spacial score (nSPS) is 18.9. The third kappa shape index (κ3) is 3.38. The summed E-state index contributed by atoms with van der Waals surface area (Å²) < 4.78 is 27.2. The zero-order valence-corrected chi connectivity index (χ0v) is 13.4. The second kappa shape index (κ2) is 6.75. The van der Waals surface area contributed by atoms with Crippen molar-refractivity contribution in [3.8, 4) is 6.07 Å². The van der Waals surface area contributed by atoms with Crippen molar-refractivity contribution in [2.45, 2.75) is 30.7 Å². The Balaban J connectivity index is 2.40. The van der Waals surface area contributed by atoms with Crippen molar-refractivity contribution in [1.82, 2.24) is 9.62 Å². The molecule has 7 heteroatoms. The third-order valence-electron chi connectivity index (χ3n) is 3.53. The predicted molar refractivity (Wildman–Crippen MR) is 81.6 cm³/mol. The van der Waals surface area contributed by atoms with Crippen LogP contribution in [0.5, 0.6) is 0 Å². The lowest BCUT2D eigenvalue weighted by Gasteiger charge is -2.27. The topological polar surface area (TPSA) is 73.2 Å². The minimum Gasteiger partial charge on any atom is -0.315 e. The van der Waals surface area contributed by atoms with E-state index in [4.69, 9.17) is 16.9 Å². The first-order valence-electron chi connectivity index (χ1n) is 6.93. The van der Waals surface area contributed by atoms with Gasteiger partial charge in [-0.1, -0.05) is 18.5 Å². The molecule has 2 rings (SSSR count). The number of hydrogen-bond acceptors (Lipinski definition) is 4. The molecule has 0 amide bonds. The van der Waals surface area contributed by atoms with E-state index in [1.807, 2.05) is 13.0 Å². The average Bonchev–Trinajstić information content (AvgIpc) is 2.97. The number of benzene rings is 1. The largest absolute Gasteiger partial charge is 0.315 e. The molecule has 1 heterocycles. The van der Waals surface area contributed by atoms with Crippen molar-refractivity contribution in [3.05, 3.63) is 28.8 Å². The first-order valence-corrected chi connectivity index (χ1v) is 8.74. The second-order valence-electron chi connectivity index (χ2n) is 5.02. The first kappa shape index (κ1) is 16.2. The summed E-state index contributed by atoms with van der Waals surface area (Å²) in [6.45, 7) is 3.89. The van der Waals surface area contributed by atoms with Crippen molar-refractivity contribution < 1.29 is 8.42 Å². The van der Waals surface area contributed by atoms with Crippen molar-refractivity contribution in [2.75, 3.05) is 19.6 Å². The minimum atomic E-state index is -3.65. The van der Waals surface area contributed by atoms with E-state index in [0.717, 1.165) is 19.4 Å². The number of halogens is 1. The molecular formula is C14H18ClN3O2S. The van der Waals surface area contributed by atoms with Gasteiger partial charge in [-0.15, -0.1) is 0 Å². The van der Waals surface area contributed by atoms with Crippen LogP contribution in [0.25, 0.3) is 0 Å². The van der Waals surface area contributed by atoms with Crippen LogP contribution in [0.1, 0.15) is 25.3 Å². The fourth-order valence-corrected chi connectivity index (χ4v) is 4.78. The van der Waals surface area contributed by atoms with Crippen LogP contribution < -0.4 is 5.32 Å². The highest BCUT2D eigenvalue weighted by Crippen LogP contribution is 2.28. The number of sulfonamides is 1. The van der Waals surface area contributed by atoms with E-state index in [2.05, 4.69) is 5.32 Å². The summed E-state index contributed by atoms with van der Waals surface area (Å²) in [5.74, 6) is 0. The van der Waals surface area contributed by atoms with Crippen LogP contribution in [-0.2, 0) is 10.0 Å². The van der Waals surface area contributed by atoms with Gasteiger partial charge in [0, 0.05) is 19.1 Å². The molecule has 1 unspecified atom stereocenters. The van der Waals surface area contributed by atoms with Gasteiger partial charge in [0.05, 0.1) is 16.7 Å². The highest BCUT2D eigenvalue weighted by molar-refractivity contribution is 7.89. The van der Waals surface area contributed by atoms with Gasteiger partial charge < -0.3 is 5.32 Å². The van der Waals surface area contributed by atoms with Crippen molar-refractivity contribution in [1.29, 1.82) is 5.26 Å². The quantitative estimate of drug-likeness (QED) is 0.897. The highest BCUT2D eigenvalue weighted by Gasteiger charge is 2.33. The molecule has 0 aliphatic carbocycles.